The normalized spacial score (nSPS) is 14.7. The van der Waals surface area contributed by atoms with Gasteiger partial charge in [-0.15, -0.1) is 45.3 Å². The number of fused-ring (bicyclic) bond motifs is 18. The molecule has 0 unspecified atom stereocenters. The van der Waals surface area contributed by atoms with Crippen LogP contribution < -0.4 is 0 Å². The Hall–Kier alpha value is -9.94. The van der Waals surface area contributed by atoms with E-state index < -0.39 is 0 Å². The number of ketones is 2. The zero-order valence-corrected chi connectivity index (χ0v) is 66.2. The second-order valence-corrected chi connectivity index (χ2v) is 34.4. The minimum Gasteiger partial charge on any atom is -0.337 e. The predicted octanol–water partition coefficient (Wildman–Crippen LogP) is 27.8. The molecule has 544 valence electrons. The first-order chi connectivity index (χ1) is 53.7. The van der Waals surface area contributed by atoms with Gasteiger partial charge in [0.1, 0.15) is 11.0 Å². The standard InChI is InChI=1S/C94H86N8O2S5/c1-5-7-9-11-13-15-29-47-65-75(55-71-77(73(57-95)97-3)67-51-61-43-31-33-45-63(61)53-69(67)87(71)103)105-93-85-91(107-89(65)93)79-81-82(100-109-99-81)80-84(83(79)101(85)49-35-19-17-23-37-59-39-25-21-26-40-59)102(50-36-20-18-24-38-60-41-27-22-28-42-60)86-92(80)108-90-66(48-30-16-14-12-10-8-6-2)76(106-94(86)90)56-72-78(74(58-96)98-4)68-52-62-44-32-34-46-64(62)54-70(68)88(72)104/h21-22,25-28,31-34,39-46,51-56H,5-20,23-24,29-30,35-38,47-50H2,1-2H3/b71-55-,72-56-,77-73-,78-74+. The summed E-state index contributed by atoms with van der Waals surface area (Å²) in [5, 5.41) is 27.5. The van der Waals surface area contributed by atoms with Crippen LogP contribution in [0.25, 0.3) is 127 Å². The zero-order chi connectivity index (χ0) is 74.5. The molecule has 0 atom stereocenters. The summed E-state index contributed by atoms with van der Waals surface area (Å²) in [6.07, 6.45) is 32.4. The topological polar surface area (TPSA) is 126 Å². The molecule has 7 aromatic heterocycles. The molecule has 2 aliphatic carbocycles. The third kappa shape index (κ3) is 14.0. The Kier molecular flexibility index (Phi) is 22.2. The highest BCUT2D eigenvalue weighted by molar-refractivity contribution is 7.34. The first-order valence-electron chi connectivity index (χ1n) is 39.5. The van der Waals surface area contributed by atoms with Gasteiger partial charge in [-0.05, 0) is 156 Å². The highest BCUT2D eigenvalue weighted by atomic mass is 32.1. The van der Waals surface area contributed by atoms with Crippen molar-refractivity contribution < 1.29 is 9.59 Å². The third-order valence-corrected chi connectivity index (χ3v) is 28.3. The molecule has 0 spiro atoms. The number of hydrogen-bond donors (Lipinski definition) is 0. The maximum atomic E-state index is 15.3. The van der Waals surface area contributed by atoms with Crippen LogP contribution in [0.2, 0.25) is 0 Å². The van der Waals surface area contributed by atoms with Gasteiger partial charge in [0.15, 0.2) is 11.6 Å². The Balaban J connectivity index is 0.922. The van der Waals surface area contributed by atoms with Crippen LogP contribution in [-0.4, -0.2) is 29.4 Å². The van der Waals surface area contributed by atoms with Crippen LogP contribution in [-0.2, 0) is 38.8 Å². The molecule has 10 nitrogen and oxygen atoms in total. The smallest absolute Gasteiger partial charge is 0.270 e. The summed E-state index contributed by atoms with van der Waals surface area (Å²) in [6.45, 7) is 22.8. The largest absolute Gasteiger partial charge is 0.337 e. The minimum atomic E-state index is -0.162. The van der Waals surface area contributed by atoms with Crippen LogP contribution in [0.4, 0.5) is 0 Å². The van der Waals surface area contributed by atoms with E-state index in [0.717, 1.165) is 182 Å². The lowest BCUT2D eigenvalue weighted by Gasteiger charge is -2.13. The molecule has 0 fully saturated rings. The number of Topliss-reactive ketones (excluding diaryl/α,β-unsaturated/α-hetero) is 2. The molecule has 0 aliphatic heterocycles. The van der Waals surface area contributed by atoms with E-state index >= 15 is 9.59 Å². The van der Waals surface area contributed by atoms with E-state index in [1.54, 1.807) is 22.7 Å². The van der Waals surface area contributed by atoms with Crippen molar-refractivity contribution in [2.45, 2.75) is 194 Å². The Labute approximate surface area is 657 Å². The van der Waals surface area contributed by atoms with Gasteiger partial charge in [0, 0.05) is 67.0 Å². The molecular formula is C94H86N8O2S5. The highest BCUT2D eigenvalue weighted by Crippen LogP contribution is 2.56. The van der Waals surface area contributed by atoms with E-state index in [1.165, 1.54) is 136 Å². The van der Waals surface area contributed by atoms with E-state index in [2.05, 4.69) is 118 Å². The molecule has 0 N–H and O–H groups in total. The van der Waals surface area contributed by atoms with Gasteiger partial charge in [-0.2, -0.15) is 8.75 Å². The van der Waals surface area contributed by atoms with Gasteiger partial charge in [-0.25, -0.2) is 20.2 Å². The molecular weight excluding hydrogens is 1430 g/mol. The van der Waals surface area contributed by atoms with Gasteiger partial charge in [0.25, 0.3) is 11.4 Å². The summed E-state index contributed by atoms with van der Waals surface area (Å²) < 4.78 is 23.4. The van der Waals surface area contributed by atoms with Crippen LogP contribution in [0.3, 0.4) is 0 Å². The van der Waals surface area contributed by atoms with E-state index in [-0.39, 0.29) is 23.0 Å². The van der Waals surface area contributed by atoms with Crippen LogP contribution >= 0.6 is 57.1 Å². The Bertz CT molecular complexity index is 5800. The highest BCUT2D eigenvalue weighted by Gasteiger charge is 2.37. The lowest BCUT2D eigenvalue weighted by atomic mass is 9.99. The van der Waals surface area contributed by atoms with Crippen LogP contribution in [0.5, 0.6) is 0 Å². The molecule has 0 saturated heterocycles. The molecule has 2 aliphatic rings. The number of allylic oxidation sites excluding steroid dienone is 6. The molecule has 109 heavy (non-hydrogen) atoms. The van der Waals surface area contributed by atoms with Crippen LogP contribution in [0.15, 0.2) is 156 Å². The zero-order valence-electron chi connectivity index (χ0n) is 62.1. The minimum absolute atomic E-state index is 0.0785. The first-order valence-corrected chi connectivity index (χ1v) is 43.5. The number of aryl methyl sites for hydroxylation is 6. The van der Waals surface area contributed by atoms with E-state index in [9.17, 15) is 10.5 Å². The van der Waals surface area contributed by atoms with Crippen molar-refractivity contribution >= 4 is 186 Å². The summed E-state index contributed by atoms with van der Waals surface area (Å²) >= 11 is 8.55. The van der Waals surface area contributed by atoms with Crippen LogP contribution in [0, 0.1) is 35.8 Å². The van der Waals surface area contributed by atoms with Crippen molar-refractivity contribution in [1.29, 1.82) is 10.5 Å². The number of carbonyl (C=O) groups is 2. The number of unbranched alkanes of at least 4 members (excludes halogenated alkanes) is 18. The Morgan fingerprint density at radius 1 is 0.413 bits per heavy atom. The van der Waals surface area contributed by atoms with Crippen molar-refractivity contribution in [2.24, 2.45) is 0 Å². The van der Waals surface area contributed by atoms with Crippen molar-refractivity contribution in [3.05, 3.63) is 233 Å². The SMILES string of the molecule is [C-]#[N+]/C(C#N)=C1\C(=C\c2sc3c(sc4c5c6nsnc6c6c7sc8c(CCCCCCCCC)c(/C=C9\C(=O)c%10cc%11ccccc%11cc%10\C9=C(\C#N)[N+]#[C-])sc8c7n(CCCCCCc7ccccc7)c6c5n(CCCCCCc5ccccc5)c34)c2CCCCCCCCC)C(=O)c2cc3ccccc3cc21. The van der Waals surface area contributed by atoms with Gasteiger partial charge >= 0.3 is 0 Å². The molecule has 0 saturated carbocycles. The Morgan fingerprint density at radius 3 is 1.14 bits per heavy atom. The fourth-order valence-electron chi connectivity index (χ4n) is 17.2. The van der Waals surface area contributed by atoms with Gasteiger partial charge in [0.2, 0.25) is 0 Å². The van der Waals surface area contributed by atoms with Crippen molar-refractivity contribution in [1.82, 2.24) is 17.9 Å². The number of aromatic nitrogens is 4. The average molecular weight is 1520 g/mol. The maximum Gasteiger partial charge on any atom is 0.270 e. The van der Waals surface area contributed by atoms with Gasteiger partial charge < -0.3 is 9.13 Å². The number of carbonyl (C=O) groups excluding carboxylic acids is 2. The van der Waals surface area contributed by atoms with Crippen LogP contribution in [0.1, 0.15) is 219 Å². The predicted molar refractivity (Wildman–Crippen MR) is 461 cm³/mol. The molecule has 15 heteroatoms. The monoisotopic (exact) mass is 1520 g/mol. The third-order valence-electron chi connectivity index (χ3n) is 22.7. The molecule has 14 aromatic rings. The number of rotatable bonds is 32. The molecule has 7 aromatic carbocycles. The number of hydrogen-bond acceptors (Lipinski definition) is 11. The quantitative estimate of drug-likeness (QED) is 0.0179. The number of nitriles is 2. The number of thiophene rings is 4. The fourth-order valence-corrected chi connectivity index (χ4v) is 23.7. The lowest BCUT2D eigenvalue weighted by Crippen LogP contribution is -2.03. The van der Waals surface area contributed by atoms with Gasteiger partial charge in [0.05, 0.1) is 87.3 Å². The average Bonchev–Trinajstić information content (AvgIpc) is 1.50. The number of nitrogens with zero attached hydrogens (tertiary/aromatic N) is 8. The Morgan fingerprint density at radius 2 is 0.761 bits per heavy atom. The van der Waals surface area contributed by atoms with Crippen molar-refractivity contribution in [3.63, 3.8) is 0 Å². The van der Waals surface area contributed by atoms with Gasteiger partial charge in [-0.1, -0.05) is 226 Å². The van der Waals surface area contributed by atoms with Crippen molar-refractivity contribution in [2.75, 3.05) is 0 Å². The summed E-state index contributed by atoms with van der Waals surface area (Å²) in [5.74, 6) is -0.324. The summed E-state index contributed by atoms with van der Waals surface area (Å²) in [6, 6.07) is 50.0. The van der Waals surface area contributed by atoms with Gasteiger partial charge in [-0.3, -0.25) is 9.59 Å². The molecule has 16 rings (SSSR count). The lowest BCUT2D eigenvalue weighted by molar-refractivity contribution is 0.103. The molecule has 0 bridgehead atoms. The summed E-state index contributed by atoms with van der Waals surface area (Å²) in [7, 11) is 0. The fraction of sp³-hybridized carbons (Fsp3) is 0.319. The second kappa shape index (κ2) is 33.1. The summed E-state index contributed by atoms with van der Waals surface area (Å²) in [5.41, 5.74) is 15.6. The van der Waals surface area contributed by atoms with E-state index in [4.69, 9.17) is 21.9 Å². The van der Waals surface area contributed by atoms with Crippen molar-refractivity contribution in [3.8, 4) is 12.1 Å². The number of benzene rings is 7. The molecule has 0 radical (unpaired) electrons. The van der Waals surface area contributed by atoms with E-state index in [1.807, 2.05) is 95.5 Å². The molecule has 0 amide bonds. The summed E-state index contributed by atoms with van der Waals surface area (Å²) in [4.78, 5) is 40.2. The van der Waals surface area contributed by atoms with E-state index in [0.29, 0.717) is 44.5 Å². The molecule has 7 heterocycles. The maximum absolute atomic E-state index is 15.3. The second-order valence-electron chi connectivity index (χ2n) is 29.7. The first kappa shape index (κ1) is 73.2.